The van der Waals surface area contributed by atoms with Crippen molar-refractivity contribution in [2.45, 2.75) is 6.61 Å². The Morgan fingerprint density at radius 1 is 1.27 bits per heavy atom. The van der Waals surface area contributed by atoms with E-state index >= 15 is 0 Å². The Morgan fingerprint density at radius 2 is 2.00 bits per heavy atom. The van der Waals surface area contributed by atoms with E-state index in [1.165, 1.54) is 17.6 Å². The SMILES string of the molecule is ClCSOCc1ccccc1. The highest BCUT2D eigenvalue weighted by molar-refractivity contribution is 7.95. The number of benzene rings is 1. The van der Waals surface area contributed by atoms with Gasteiger partial charge in [0.1, 0.15) is 0 Å². The highest BCUT2D eigenvalue weighted by Crippen LogP contribution is 2.09. The van der Waals surface area contributed by atoms with Crippen LogP contribution in [0.3, 0.4) is 0 Å². The van der Waals surface area contributed by atoms with Gasteiger partial charge in [-0.25, -0.2) is 0 Å². The first-order valence-corrected chi connectivity index (χ1v) is 4.72. The third kappa shape index (κ3) is 3.65. The maximum Gasteiger partial charge on any atom is 0.0943 e. The molecule has 0 spiro atoms. The Balaban J connectivity index is 2.28. The first-order valence-electron chi connectivity index (χ1n) is 3.28. The fraction of sp³-hybridized carbons (Fsp3) is 0.250. The Morgan fingerprint density at radius 3 is 2.64 bits per heavy atom. The molecule has 0 radical (unpaired) electrons. The standard InChI is InChI=1S/C8H9ClOS/c9-7-11-10-6-8-4-2-1-3-5-8/h1-5H,6-7H2. The number of hydrogen-bond acceptors (Lipinski definition) is 2. The minimum Gasteiger partial charge on any atom is -0.309 e. The van der Waals surface area contributed by atoms with Crippen molar-refractivity contribution in [3.8, 4) is 0 Å². The summed E-state index contributed by atoms with van der Waals surface area (Å²) in [6, 6.07) is 10.0. The van der Waals surface area contributed by atoms with Crippen LogP contribution < -0.4 is 0 Å². The van der Waals surface area contributed by atoms with E-state index in [0.29, 0.717) is 11.8 Å². The average Bonchev–Trinajstić information content (AvgIpc) is 2.07. The second kappa shape index (κ2) is 5.47. The largest absolute Gasteiger partial charge is 0.309 e. The zero-order valence-electron chi connectivity index (χ0n) is 6.00. The molecular formula is C8H9ClOS. The summed E-state index contributed by atoms with van der Waals surface area (Å²) in [5.41, 5.74) is 1.17. The van der Waals surface area contributed by atoms with Crippen LogP contribution in [0.4, 0.5) is 0 Å². The summed E-state index contributed by atoms with van der Waals surface area (Å²) in [4.78, 5) is 0. The summed E-state index contributed by atoms with van der Waals surface area (Å²) in [6.45, 7) is 0.623. The van der Waals surface area contributed by atoms with Gasteiger partial charge < -0.3 is 4.18 Å². The van der Waals surface area contributed by atoms with Crippen LogP contribution >= 0.6 is 23.6 Å². The predicted molar refractivity (Wildman–Crippen MR) is 49.5 cm³/mol. The lowest BCUT2D eigenvalue weighted by molar-refractivity contribution is 0.365. The van der Waals surface area contributed by atoms with Gasteiger partial charge >= 0.3 is 0 Å². The smallest absolute Gasteiger partial charge is 0.0943 e. The molecular weight excluding hydrogens is 180 g/mol. The summed E-state index contributed by atoms with van der Waals surface area (Å²) >= 11 is 6.67. The van der Waals surface area contributed by atoms with E-state index in [-0.39, 0.29) is 0 Å². The van der Waals surface area contributed by atoms with Gasteiger partial charge in [0, 0.05) is 12.0 Å². The zero-order valence-corrected chi connectivity index (χ0v) is 7.57. The van der Waals surface area contributed by atoms with Crippen LogP contribution in [-0.2, 0) is 10.8 Å². The lowest BCUT2D eigenvalue weighted by atomic mass is 10.2. The van der Waals surface area contributed by atoms with Crippen LogP contribution in [0.25, 0.3) is 0 Å². The second-order valence-electron chi connectivity index (χ2n) is 1.97. The minimum absolute atomic E-state index is 0.479. The molecule has 0 bridgehead atoms. The molecule has 0 heterocycles. The normalized spacial score (nSPS) is 9.91. The maximum absolute atomic E-state index is 5.41. The first-order chi connectivity index (χ1) is 5.43. The van der Waals surface area contributed by atoms with Crippen LogP contribution in [-0.4, -0.2) is 5.21 Å². The molecule has 1 rings (SSSR count). The van der Waals surface area contributed by atoms with Crippen LogP contribution in [0, 0.1) is 0 Å². The molecule has 0 aliphatic rings. The van der Waals surface area contributed by atoms with Crippen LogP contribution in [0.2, 0.25) is 0 Å². The highest BCUT2D eigenvalue weighted by Gasteiger charge is 1.90. The molecule has 0 aliphatic heterocycles. The average molecular weight is 189 g/mol. The van der Waals surface area contributed by atoms with Crippen LogP contribution in [0.1, 0.15) is 5.56 Å². The molecule has 0 aliphatic carbocycles. The molecule has 0 atom stereocenters. The molecule has 0 saturated carbocycles. The van der Waals surface area contributed by atoms with Gasteiger partial charge in [-0.2, -0.15) is 0 Å². The van der Waals surface area contributed by atoms with Gasteiger partial charge in [0.05, 0.1) is 11.8 Å². The van der Waals surface area contributed by atoms with Crippen molar-refractivity contribution in [2.75, 3.05) is 5.21 Å². The Hall–Kier alpha value is -0.180. The van der Waals surface area contributed by atoms with E-state index in [4.69, 9.17) is 15.8 Å². The van der Waals surface area contributed by atoms with Crippen molar-refractivity contribution in [3.63, 3.8) is 0 Å². The Bertz CT molecular complexity index is 191. The van der Waals surface area contributed by atoms with Crippen molar-refractivity contribution in [3.05, 3.63) is 35.9 Å². The Labute approximate surface area is 75.9 Å². The summed E-state index contributed by atoms with van der Waals surface area (Å²) in [5.74, 6) is 0. The van der Waals surface area contributed by atoms with Gasteiger partial charge in [-0.15, -0.1) is 11.6 Å². The number of halogens is 1. The van der Waals surface area contributed by atoms with Crippen molar-refractivity contribution < 1.29 is 4.18 Å². The van der Waals surface area contributed by atoms with E-state index in [9.17, 15) is 0 Å². The summed E-state index contributed by atoms with van der Waals surface area (Å²) < 4.78 is 5.15. The maximum atomic E-state index is 5.41. The third-order valence-electron chi connectivity index (χ3n) is 1.20. The second-order valence-corrected chi connectivity index (χ2v) is 3.32. The summed E-state index contributed by atoms with van der Waals surface area (Å²) in [6.07, 6.45) is 0. The first kappa shape index (κ1) is 8.91. The molecule has 11 heavy (non-hydrogen) atoms. The minimum atomic E-state index is 0.479. The van der Waals surface area contributed by atoms with E-state index in [0.717, 1.165) is 0 Å². The summed E-state index contributed by atoms with van der Waals surface area (Å²) in [7, 11) is 0. The number of hydrogen-bond donors (Lipinski definition) is 0. The fourth-order valence-corrected chi connectivity index (χ4v) is 1.19. The van der Waals surface area contributed by atoms with Gasteiger partial charge in [0.2, 0.25) is 0 Å². The monoisotopic (exact) mass is 188 g/mol. The van der Waals surface area contributed by atoms with Gasteiger partial charge in [-0.1, -0.05) is 30.3 Å². The van der Waals surface area contributed by atoms with E-state index < -0.39 is 0 Å². The molecule has 0 N–H and O–H groups in total. The lowest BCUT2D eigenvalue weighted by Crippen LogP contribution is -1.83. The quantitative estimate of drug-likeness (QED) is 0.408. The summed E-state index contributed by atoms with van der Waals surface area (Å²) in [5, 5.41) is 0.479. The fourth-order valence-electron chi connectivity index (χ4n) is 0.715. The van der Waals surface area contributed by atoms with E-state index in [1.807, 2.05) is 30.3 Å². The van der Waals surface area contributed by atoms with Gasteiger partial charge in [0.25, 0.3) is 0 Å². The van der Waals surface area contributed by atoms with Gasteiger partial charge in [-0.05, 0) is 5.56 Å². The third-order valence-corrected chi connectivity index (χ3v) is 1.84. The molecule has 0 amide bonds. The molecule has 0 saturated heterocycles. The van der Waals surface area contributed by atoms with Gasteiger partial charge in [-0.3, -0.25) is 0 Å². The lowest BCUT2D eigenvalue weighted by Gasteiger charge is -1.98. The van der Waals surface area contributed by atoms with Crippen molar-refractivity contribution >= 4 is 23.6 Å². The zero-order chi connectivity index (χ0) is 7.94. The van der Waals surface area contributed by atoms with Crippen molar-refractivity contribution in [2.24, 2.45) is 0 Å². The number of alkyl halides is 1. The molecule has 0 fully saturated rings. The molecule has 3 heteroatoms. The molecule has 60 valence electrons. The highest BCUT2D eigenvalue weighted by atomic mass is 35.5. The molecule has 1 aromatic carbocycles. The molecule has 1 aromatic rings. The van der Waals surface area contributed by atoms with E-state index in [1.54, 1.807) is 0 Å². The molecule has 0 unspecified atom stereocenters. The number of rotatable bonds is 4. The van der Waals surface area contributed by atoms with E-state index in [2.05, 4.69) is 0 Å². The van der Waals surface area contributed by atoms with Gasteiger partial charge in [0.15, 0.2) is 0 Å². The van der Waals surface area contributed by atoms with Crippen LogP contribution in [0.15, 0.2) is 30.3 Å². The van der Waals surface area contributed by atoms with Crippen molar-refractivity contribution in [1.29, 1.82) is 0 Å². The topological polar surface area (TPSA) is 9.23 Å². The Kier molecular flexibility index (Phi) is 4.43. The molecule has 1 nitrogen and oxygen atoms in total. The van der Waals surface area contributed by atoms with Crippen LogP contribution in [0.5, 0.6) is 0 Å². The predicted octanol–water partition coefficient (Wildman–Crippen LogP) is 3.05. The molecule has 0 aromatic heterocycles. The van der Waals surface area contributed by atoms with Crippen molar-refractivity contribution in [1.82, 2.24) is 0 Å².